The Morgan fingerprint density at radius 1 is 1.00 bits per heavy atom. The Bertz CT molecular complexity index is 6.00. The van der Waals surface area contributed by atoms with Gasteiger partial charge in [0.1, 0.15) is 17.4 Å². The maximum Gasteiger partial charge on any atom is 0.187 e. The van der Waals surface area contributed by atoms with Crippen molar-refractivity contribution in [2.45, 2.75) is 0 Å². The van der Waals surface area contributed by atoms with Gasteiger partial charge in [-0.3, -0.25) is 0 Å². The third-order valence-corrected chi connectivity index (χ3v) is 0. The fraction of sp³-hybridized carbons (Fsp3) is 0. The van der Waals surface area contributed by atoms with E-state index in [0.29, 0.717) is 0 Å². The van der Waals surface area contributed by atoms with Gasteiger partial charge in [0.25, 0.3) is 0 Å². The average molecular weight is 146 g/mol. The van der Waals surface area contributed by atoms with Crippen molar-refractivity contribution in [2.75, 3.05) is 0 Å². The monoisotopic (exact) mass is 146 g/mol. The van der Waals surface area contributed by atoms with Crippen LogP contribution in [0.4, 0.5) is 0 Å². The molecule has 0 atom stereocenters. The quantitative estimate of drug-likeness (QED) is 0.314. The Labute approximate surface area is 62.5 Å². The minimum Gasteiger partial charge on any atom is -0.0125 e. The van der Waals surface area contributed by atoms with Crippen molar-refractivity contribution in [3.8, 4) is 0 Å². The minimum absolute atomic E-state index is 0. The summed E-state index contributed by atoms with van der Waals surface area (Å²) in [4.78, 5) is 0. The van der Waals surface area contributed by atoms with Crippen LogP contribution in [-0.4, -0.2) is 45.7 Å². The Kier molecular flexibility index (Phi) is 220. The molecule has 0 unspecified atom stereocenters. The first-order chi connectivity index (χ1) is 0. The molecule has 4 heavy (non-hydrogen) atoms. The normalized spacial score (nSPS) is 0. The van der Waals surface area contributed by atoms with Crippen LogP contribution in [0.3, 0.4) is 0 Å². The van der Waals surface area contributed by atoms with E-state index in [2.05, 4.69) is 0 Å². The van der Waals surface area contributed by atoms with Gasteiger partial charge in [0, 0.05) is 17.1 Å². The zero-order valence-corrected chi connectivity index (χ0v) is 7.46. The van der Waals surface area contributed by atoms with E-state index in [4.69, 9.17) is 0 Å². The van der Waals surface area contributed by atoms with Crippen molar-refractivity contribution in [1.82, 2.24) is 0 Å². The van der Waals surface area contributed by atoms with Gasteiger partial charge in [-0.2, -0.15) is 0 Å². The predicted molar refractivity (Wildman–Crippen MR) is 28.4 cm³/mol. The van der Waals surface area contributed by atoms with Crippen LogP contribution in [-0.2, 0) is 17.1 Å². The maximum absolute atomic E-state index is 0. The summed E-state index contributed by atoms with van der Waals surface area (Å²) in [6.45, 7) is 0. The second kappa shape index (κ2) is 21.4. The van der Waals surface area contributed by atoms with Crippen LogP contribution in [0.1, 0.15) is 0 Å². The number of hydrogen-bond acceptors (Lipinski definition) is 0. The summed E-state index contributed by atoms with van der Waals surface area (Å²) in [5, 5.41) is 0. The summed E-state index contributed by atoms with van der Waals surface area (Å²) in [6, 6.07) is 0. The van der Waals surface area contributed by atoms with Crippen LogP contribution in [0.2, 0.25) is 0 Å². The van der Waals surface area contributed by atoms with E-state index in [-0.39, 0.29) is 62.8 Å². The van der Waals surface area contributed by atoms with Crippen LogP contribution in [0.5, 0.6) is 0 Å². The SMILES string of the molecule is [AlH2].[AlH3].[Fe].[SiH3]. The molecular formula is H8Al2FeSi. The van der Waals surface area contributed by atoms with E-state index in [1.165, 1.54) is 0 Å². The molecule has 0 aliphatic heterocycles. The fourth-order valence-corrected chi connectivity index (χ4v) is 0. The van der Waals surface area contributed by atoms with Gasteiger partial charge >= 0.3 is 0 Å². The summed E-state index contributed by atoms with van der Waals surface area (Å²) in [5.41, 5.74) is 0. The van der Waals surface area contributed by atoms with Crippen LogP contribution in [0.15, 0.2) is 0 Å². The molecule has 4 heteroatoms. The van der Waals surface area contributed by atoms with Crippen molar-refractivity contribution in [1.29, 1.82) is 0 Å². The second-order valence-electron chi connectivity index (χ2n) is 0. The van der Waals surface area contributed by atoms with E-state index >= 15 is 0 Å². The summed E-state index contributed by atoms with van der Waals surface area (Å²) in [5.74, 6) is 0. The van der Waals surface area contributed by atoms with E-state index in [1.54, 1.807) is 0 Å². The standard InChI is InChI=1S/2Al.Fe.H3Si.5H/h;;;1H3;;;;;. The Morgan fingerprint density at radius 3 is 1.00 bits per heavy atom. The zero-order chi connectivity index (χ0) is 0. The molecule has 0 heterocycles. The smallest absolute Gasteiger partial charge is 0.0125 e. The summed E-state index contributed by atoms with van der Waals surface area (Å²) >= 11 is 0. The number of rotatable bonds is 0. The third kappa shape index (κ3) is 9.19. The van der Waals surface area contributed by atoms with Crippen molar-refractivity contribution >= 4 is 45.7 Å². The first kappa shape index (κ1) is 41.2. The topological polar surface area (TPSA) is 0 Å². The second-order valence-corrected chi connectivity index (χ2v) is 0. The van der Waals surface area contributed by atoms with E-state index in [9.17, 15) is 0 Å². The fourth-order valence-electron chi connectivity index (χ4n) is 0. The minimum atomic E-state index is 0. The molecule has 26 valence electrons. The van der Waals surface area contributed by atoms with Crippen molar-refractivity contribution < 1.29 is 17.1 Å². The Hall–Kier alpha value is 1.80. The van der Waals surface area contributed by atoms with Crippen molar-refractivity contribution in [3.05, 3.63) is 0 Å². The largest absolute Gasteiger partial charge is 0.187 e. The van der Waals surface area contributed by atoms with Crippen molar-refractivity contribution in [2.24, 2.45) is 0 Å². The van der Waals surface area contributed by atoms with Crippen molar-refractivity contribution in [3.63, 3.8) is 0 Å². The van der Waals surface area contributed by atoms with E-state index < -0.39 is 0 Å². The van der Waals surface area contributed by atoms with Gasteiger partial charge in [-0.05, 0) is 11.0 Å². The third-order valence-electron chi connectivity index (χ3n) is 0. The molecule has 0 saturated heterocycles. The molecule has 0 aliphatic carbocycles. The first-order valence-corrected chi connectivity index (χ1v) is 0. The van der Waals surface area contributed by atoms with Crippen LogP contribution in [0.25, 0.3) is 0 Å². The molecule has 0 aromatic heterocycles. The molecule has 0 aromatic rings. The molecule has 0 aliphatic rings. The van der Waals surface area contributed by atoms with Gasteiger partial charge in [0.05, 0.1) is 0 Å². The molecule has 0 saturated carbocycles. The van der Waals surface area contributed by atoms with Gasteiger partial charge in [0.2, 0.25) is 0 Å². The van der Waals surface area contributed by atoms with Gasteiger partial charge < -0.3 is 0 Å². The zero-order valence-electron chi connectivity index (χ0n) is 2.35. The van der Waals surface area contributed by atoms with E-state index in [0.717, 1.165) is 0 Å². The van der Waals surface area contributed by atoms with Gasteiger partial charge in [-0.1, -0.05) is 0 Å². The summed E-state index contributed by atoms with van der Waals surface area (Å²) in [7, 11) is 0. The average Bonchev–Trinajstić information content (AvgIpc) is 0. The van der Waals surface area contributed by atoms with Gasteiger partial charge in [0.15, 0.2) is 17.4 Å². The predicted octanol–water partition coefficient (Wildman–Crippen LogP) is -3.29. The summed E-state index contributed by atoms with van der Waals surface area (Å²) in [6.07, 6.45) is 0. The molecule has 0 N–H and O–H groups in total. The molecule has 0 fully saturated rings. The Balaban J connectivity index is 0. The molecule has 0 rings (SSSR count). The molecule has 0 bridgehead atoms. The van der Waals surface area contributed by atoms with Crippen LogP contribution in [0, 0.1) is 0 Å². The Morgan fingerprint density at radius 2 is 1.00 bits per heavy atom. The molecule has 0 spiro atoms. The number of hydrogen-bond donors (Lipinski definition) is 0. The molecule has 0 aromatic carbocycles. The van der Waals surface area contributed by atoms with Crippen LogP contribution >= 0.6 is 0 Å². The van der Waals surface area contributed by atoms with E-state index in [1.807, 2.05) is 0 Å². The molecule has 2 radical (unpaired) electrons. The van der Waals surface area contributed by atoms with Gasteiger partial charge in [-0.25, -0.2) is 0 Å². The first-order valence-electron chi connectivity index (χ1n) is 0. The molecule has 0 nitrogen and oxygen atoms in total. The van der Waals surface area contributed by atoms with Gasteiger partial charge in [-0.15, -0.1) is 0 Å². The van der Waals surface area contributed by atoms with Crippen LogP contribution < -0.4 is 0 Å². The summed E-state index contributed by atoms with van der Waals surface area (Å²) < 4.78 is 0. The maximum atomic E-state index is 0. The molecule has 0 amide bonds. The molecular weight excluding hydrogens is 138 g/mol.